The Morgan fingerprint density at radius 1 is 0.298 bits per heavy atom. The van der Waals surface area contributed by atoms with Crippen LogP contribution in [-0.2, 0) is 3.74 Å². The molecule has 0 spiro atoms. The Balaban J connectivity index is 1.84. The molecule has 0 aromatic heterocycles. The van der Waals surface area contributed by atoms with E-state index >= 15 is 52.0 Å². The standard InChI is InChI=1S/C37H19AsF18O/c1-2-3-4-5-6-7-8-9-38(57,18-12(22(41)33(52)36(55)31(18)50)17-29(48)34(53)37(56)35(54)30(17)49)19-20(39)13-10-11-15(25(44)23(13)42)27(46)32(51)28(47)16(11)26(45)24(43)14(10)21(19)40/h2-9H2,1H3. The third-order valence-electron chi connectivity index (χ3n) is 9.69. The third-order valence-corrected chi connectivity index (χ3v) is 16.4. The molecule has 0 N–H and O–H groups in total. The molecule has 57 heavy (non-hydrogen) atoms. The monoisotopic (exact) mass is 896 g/mol. The molecule has 0 aliphatic rings. The van der Waals surface area contributed by atoms with E-state index < -0.39 is 182 Å². The van der Waals surface area contributed by atoms with Gasteiger partial charge in [0, 0.05) is 0 Å². The van der Waals surface area contributed by atoms with Gasteiger partial charge < -0.3 is 0 Å². The molecular formula is C37H19AsF18O. The number of benzene rings is 6. The van der Waals surface area contributed by atoms with Crippen molar-refractivity contribution in [2.45, 2.75) is 57.1 Å². The summed E-state index contributed by atoms with van der Waals surface area (Å²) in [6, 6.07) is 0. The van der Waals surface area contributed by atoms with Crippen molar-refractivity contribution in [3.8, 4) is 11.1 Å². The molecule has 0 aliphatic carbocycles. The van der Waals surface area contributed by atoms with Crippen LogP contribution in [0, 0.1) is 105 Å². The van der Waals surface area contributed by atoms with Gasteiger partial charge in [-0.25, -0.2) is 0 Å². The Morgan fingerprint density at radius 2 is 0.596 bits per heavy atom. The Kier molecular flexibility index (Phi) is 11.1. The summed E-state index contributed by atoms with van der Waals surface area (Å²) in [5.74, 6) is -51.5. The number of rotatable bonds is 11. The van der Waals surface area contributed by atoms with Crippen molar-refractivity contribution in [3.05, 3.63) is 105 Å². The van der Waals surface area contributed by atoms with Crippen LogP contribution in [0.25, 0.3) is 43.4 Å². The molecule has 1 atom stereocenters. The summed E-state index contributed by atoms with van der Waals surface area (Å²) < 4.78 is 286. The zero-order valence-electron chi connectivity index (χ0n) is 28.3. The Bertz CT molecular complexity index is 2610. The van der Waals surface area contributed by atoms with Crippen LogP contribution in [-0.4, -0.2) is 13.5 Å². The first-order valence-electron chi connectivity index (χ1n) is 16.6. The van der Waals surface area contributed by atoms with Crippen molar-refractivity contribution < 1.29 is 82.8 Å². The van der Waals surface area contributed by atoms with Gasteiger partial charge in [0.15, 0.2) is 0 Å². The summed E-state index contributed by atoms with van der Waals surface area (Å²) in [6.45, 7) is 1.82. The van der Waals surface area contributed by atoms with Gasteiger partial charge in [-0.2, -0.15) is 0 Å². The van der Waals surface area contributed by atoms with Crippen molar-refractivity contribution in [3.63, 3.8) is 0 Å². The van der Waals surface area contributed by atoms with Gasteiger partial charge >= 0.3 is 310 Å². The van der Waals surface area contributed by atoms with Gasteiger partial charge in [-0.3, -0.25) is 0 Å². The molecule has 6 rings (SSSR count). The predicted molar refractivity (Wildman–Crippen MR) is 170 cm³/mol. The van der Waals surface area contributed by atoms with E-state index in [-0.39, 0.29) is 12.8 Å². The van der Waals surface area contributed by atoms with E-state index in [0.717, 1.165) is 6.42 Å². The van der Waals surface area contributed by atoms with E-state index in [1.165, 1.54) is 0 Å². The first-order valence-corrected chi connectivity index (χ1v) is 20.5. The molecule has 0 saturated carbocycles. The summed E-state index contributed by atoms with van der Waals surface area (Å²) >= 11 is -7.49. The summed E-state index contributed by atoms with van der Waals surface area (Å²) in [5, 5.41) is -13.4. The summed E-state index contributed by atoms with van der Waals surface area (Å²) in [6.07, 6.45) is 1.58. The van der Waals surface area contributed by atoms with Crippen molar-refractivity contribution in [2.24, 2.45) is 0 Å². The van der Waals surface area contributed by atoms with E-state index in [9.17, 15) is 30.7 Å². The van der Waals surface area contributed by atoms with Crippen LogP contribution < -0.4 is 8.70 Å². The van der Waals surface area contributed by atoms with Gasteiger partial charge in [-0.1, -0.05) is 0 Å². The fourth-order valence-electron chi connectivity index (χ4n) is 7.06. The van der Waals surface area contributed by atoms with Gasteiger partial charge in [0.25, 0.3) is 0 Å². The molecule has 6 aromatic rings. The maximum atomic E-state index is 16.9. The average Bonchev–Trinajstić information content (AvgIpc) is 3.17. The molecule has 20 heteroatoms. The van der Waals surface area contributed by atoms with Gasteiger partial charge in [0.05, 0.1) is 0 Å². The average molecular weight is 896 g/mol. The van der Waals surface area contributed by atoms with Crippen LogP contribution in [0.4, 0.5) is 79.0 Å². The van der Waals surface area contributed by atoms with Crippen LogP contribution in [0.1, 0.15) is 51.9 Å². The number of hydrogen-bond acceptors (Lipinski definition) is 1. The molecule has 0 saturated heterocycles. The molecule has 304 valence electrons. The molecule has 0 radical (unpaired) electrons. The molecule has 0 amide bonds. The van der Waals surface area contributed by atoms with Crippen LogP contribution in [0.15, 0.2) is 0 Å². The van der Waals surface area contributed by atoms with Gasteiger partial charge in [-0.15, -0.1) is 0 Å². The molecule has 0 fully saturated rings. The third kappa shape index (κ3) is 5.95. The second kappa shape index (κ2) is 15.0. The van der Waals surface area contributed by atoms with Gasteiger partial charge in [0.1, 0.15) is 0 Å². The molecule has 0 heterocycles. The van der Waals surface area contributed by atoms with Crippen LogP contribution >= 0.6 is 0 Å². The Hall–Kier alpha value is -4.54. The first kappa shape index (κ1) is 42.1. The minimum atomic E-state index is -7.49. The normalized spacial score (nSPS) is 13.2. The zero-order chi connectivity index (χ0) is 42.3. The predicted octanol–water partition coefficient (Wildman–Crippen LogP) is 12.0. The summed E-state index contributed by atoms with van der Waals surface area (Å²) in [5.41, 5.74) is -5.25. The summed E-state index contributed by atoms with van der Waals surface area (Å²) in [4.78, 5) is 0. The number of halogens is 18. The van der Waals surface area contributed by atoms with E-state index in [1.54, 1.807) is 0 Å². The summed E-state index contributed by atoms with van der Waals surface area (Å²) in [7, 11) is 0. The molecular weight excluding hydrogens is 877 g/mol. The zero-order valence-corrected chi connectivity index (χ0v) is 30.2. The molecule has 0 bridgehead atoms. The molecule has 1 nitrogen and oxygen atoms in total. The molecule has 1 unspecified atom stereocenters. The van der Waals surface area contributed by atoms with E-state index in [0.29, 0.717) is 19.3 Å². The number of hydrogen-bond donors (Lipinski definition) is 0. The first-order chi connectivity index (χ1) is 26.7. The van der Waals surface area contributed by atoms with Crippen LogP contribution in [0.3, 0.4) is 0 Å². The van der Waals surface area contributed by atoms with Crippen molar-refractivity contribution >= 4 is 54.5 Å². The maximum absolute atomic E-state index is 16.9. The SMILES string of the molecule is CCCCCCCCC[As](=O)(c1c(F)c(F)c(F)c(F)c1-c1c(F)c(F)c(F)c(F)c1F)c1c(F)c2c(F)c(F)c3c(F)c(F)c(F)c4c(F)c(F)c(c1F)c2c34. The Labute approximate surface area is 309 Å². The van der Waals surface area contributed by atoms with E-state index in [2.05, 4.69) is 0 Å². The quantitative estimate of drug-likeness (QED) is 0.0316. The molecule has 6 aromatic carbocycles. The Morgan fingerprint density at radius 3 is 1.02 bits per heavy atom. The minimum absolute atomic E-state index is 0.147. The second-order valence-corrected chi connectivity index (χ2v) is 18.9. The molecule has 0 aliphatic heterocycles. The van der Waals surface area contributed by atoms with Gasteiger partial charge in [0.2, 0.25) is 0 Å². The van der Waals surface area contributed by atoms with Crippen molar-refractivity contribution in [2.75, 3.05) is 0 Å². The second-order valence-electron chi connectivity index (χ2n) is 12.9. The van der Waals surface area contributed by atoms with E-state index in [1.807, 2.05) is 6.92 Å². The van der Waals surface area contributed by atoms with Crippen molar-refractivity contribution in [1.82, 2.24) is 0 Å². The topological polar surface area (TPSA) is 17.1 Å². The van der Waals surface area contributed by atoms with E-state index in [4.69, 9.17) is 0 Å². The van der Waals surface area contributed by atoms with Gasteiger partial charge in [-0.05, 0) is 0 Å². The van der Waals surface area contributed by atoms with Crippen LogP contribution in [0.2, 0.25) is 5.21 Å². The van der Waals surface area contributed by atoms with Crippen molar-refractivity contribution in [1.29, 1.82) is 0 Å². The fourth-order valence-corrected chi connectivity index (χ4v) is 13.7. The fraction of sp³-hybridized carbons (Fsp3) is 0.243. The van der Waals surface area contributed by atoms with Crippen LogP contribution in [0.5, 0.6) is 0 Å². The number of unbranched alkanes of at least 4 members (excludes halogenated alkanes) is 6.